The number of nitrogens with zero attached hydrogens (tertiary/aromatic N) is 4. The number of aromatic nitrogens is 1. The van der Waals surface area contributed by atoms with Crippen LogP contribution in [0.5, 0.6) is 11.5 Å². The van der Waals surface area contributed by atoms with Crippen molar-refractivity contribution in [2.45, 2.75) is 37.4 Å². The maximum absolute atomic E-state index is 13.7. The number of morpholine rings is 1. The molecule has 1 aromatic heterocycles. The van der Waals surface area contributed by atoms with Gasteiger partial charge in [0.25, 0.3) is 5.91 Å². The normalized spacial score (nSPS) is 18.4. The molecule has 1 aliphatic rings. The first-order chi connectivity index (χ1) is 18.5. The van der Waals surface area contributed by atoms with E-state index in [1.807, 2.05) is 34.0 Å². The average Bonchev–Trinajstić information content (AvgIpc) is 3.31. The molecule has 0 aliphatic carbocycles. The Labute approximate surface area is 234 Å². The molecule has 1 amide bonds. The minimum Gasteiger partial charge on any atom is -0.493 e. The van der Waals surface area contributed by atoms with Gasteiger partial charge in [-0.25, -0.2) is 13.4 Å². The van der Waals surface area contributed by atoms with Gasteiger partial charge in [-0.05, 0) is 65.2 Å². The fourth-order valence-electron chi connectivity index (χ4n) is 4.59. The molecule has 4 rings (SSSR count). The van der Waals surface area contributed by atoms with Gasteiger partial charge in [0.15, 0.2) is 16.6 Å². The zero-order chi connectivity index (χ0) is 28.3. The maximum atomic E-state index is 13.7. The highest BCUT2D eigenvalue weighted by atomic mass is 32.2. The molecule has 2 aromatic carbocycles. The number of carbonyl (C=O) groups excluding carboxylic acids is 1. The van der Waals surface area contributed by atoms with E-state index >= 15 is 0 Å². The van der Waals surface area contributed by atoms with E-state index in [1.54, 1.807) is 37.3 Å². The molecule has 1 saturated heterocycles. The average molecular weight is 577 g/mol. The zero-order valence-electron chi connectivity index (χ0n) is 23.2. The van der Waals surface area contributed by atoms with Crippen LogP contribution >= 0.6 is 11.3 Å². The number of benzene rings is 2. The van der Waals surface area contributed by atoms with E-state index in [1.165, 1.54) is 27.8 Å². The van der Waals surface area contributed by atoms with Crippen LogP contribution in [0.15, 0.2) is 41.3 Å². The largest absolute Gasteiger partial charge is 0.493 e. The lowest BCUT2D eigenvalue weighted by molar-refractivity contribution is -0.0440. The lowest BCUT2D eigenvalue weighted by atomic mass is 10.2. The second-order valence-electron chi connectivity index (χ2n) is 9.89. The molecule has 0 saturated carbocycles. The van der Waals surface area contributed by atoms with Crippen LogP contribution in [0.3, 0.4) is 0 Å². The smallest absolute Gasteiger partial charge is 0.260 e. The Morgan fingerprint density at radius 3 is 2.26 bits per heavy atom. The third-order valence-corrected chi connectivity index (χ3v) is 9.36. The van der Waals surface area contributed by atoms with Crippen molar-refractivity contribution >= 4 is 42.6 Å². The first-order valence-electron chi connectivity index (χ1n) is 12.8. The van der Waals surface area contributed by atoms with Crippen LogP contribution < -0.4 is 14.4 Å². The van der Waals surface area contributed by atoms with Crippen molar-refractivity contribution in [3.8, 4) is 11.5 Å². The molecule has 3 aromatic rings. The van der Waals surface area contributed by atoms with E-state index < -0.39 is 10.0 Å². The summed E-state index contributed by atoms with van der Waals surface area (Å²) in [5.74, 6) is 0.907. The van der Waals surface area contributed by atoms with Gasteiger partial charge >= 0.3 is 0 Å². The fraction of sp³-hybridized carbons (Fsp3) is 0.481. The highest BCUT2D eigenvalue weighted by molar-refractivity contribution is 7.89. The van der Waals surface area contributed by atoms with Crippen molar-refractivity contribution in [1.29, 1.82) is 0 Å². The highest BCUT2D eigenvalue weighted by Gasteiger charge is 2.32. The molecule has 12 heteroatoms. The number of methoxy groups -OCH3 is 2. The van der Waals surface area contributed by atoms with Crippen molar-refractivity contribution in [3.05, 3.63) is 42.0 Å². The van der Waals surface area contributed by atoms with Gasteiger partial charge in [0.1, 0.15) is 0 Å². The van der Waals surface area contributed by atoms with Crippen molar-refractivity contribution in [2.24, 2.45) is 0 Å². The number of amides is 1. The van der Waals surface area contributed by atoms with E-state index in [0.29, 0.717) is 47.3 Å². The molecule has 39 heavy (non-hydrogen) atoms. The first kappa shape index (κ1) is 29.2. The number of anilines is 1. The number of hydrogen-bond acceptors (Lipinski definition) is 9. The summed E-state index contributed by atoms with van der Waals surface area (Å²) in [6.45, 7) is 5.55. The number of rotatable bonds is 10. The Morgan fingerprint density at radius 2 is 1.67 bits per heavy atom. The summed E-state index contributed by atoms with van der Waals surface area (Å²) in [6, 6.07) is 9.79. The van der Waals surface area contributed by atoms with Crippen LogP contribution in [-0.4, -0.2) is 95.2 Å². The van der Waals surface area contributed by atoms with Gasteiger partial charge in [0.05, 0.1) is 41.5 Å². The van der Waals surface area contributed by atoms with Crippen molar-refractivity contribution in [2.75, 3.05) is 59.4 Å². The van der Waals surface area contributed by atoms with Gasteiger partial charge in [-0.3, -0.25) is 9.69 Å². The quantitative estimate of drug-likeness (QED) is 0.360. The van der Waals surface area contributed by atoms with Gasteiger partial charge in [-0.2, -0.15) is 4.31 Å². The number of sulfonamides is 1. The van der Waals surface area contributed by atoms with Crippen LogP contribution in [0.4, 0.5) is 5.13 Å². The van der Waals surface area contributed by atoms with E-state index in [4.69, 9.17) is 19.2 Å². The Hall–Kier alpha value is -2.77. The Balaban J connectivity index is 1.63. The highest BCUT2D eigenvalue weighted by Crippen LogP contribution is 2.37. The molecule has 1 aliphatic heterocycles. The summed E-state index contributed by atoms with van der Waals surface area (Å²) in [6.07, 6.45) is 0.365. The maximum Gasteiger partial charge on any atom is 0.260 e. The van der Waals surface area contributed by atoms with E-state index in [0.717, 1.165) is 17.7 Å². The topological polar surface area (TPSA) is 102 Å². The second-order valence-corrected chi connectivity index (χ2v) is 12.8. The molecule has 2 heterocycles. The predicted octanol–water partition coefficient (Wildman–Crippen LogP) is 3.71. The van der Waals surface area contributed by atoms with E-state index in [-0.39, 0.29) is 23.0 Å². The lowest BCUT2D eigenvalue weighted by Gasteiger charge is -2.34. The number of carbonyl (C=O) groups is 1. The van der Waals surface area contributed by atoms with E-state index in [9.17, 15) is 13.2 Å². The summed E-state index contributed by atoms with van der Waals surface area (Å²) in [4.78, 5) is 22.3. The molecule has 0 bridgehead atoms. The molecule has 2 unspecified atom stereocenters. The second kappa shape index (κ2) is 12.2. The fourth-order valence-corrected chi connectivity index (χ4v) is 7.18. The monoisotopic (exact) mass is 576 g/mol. The van der Waals surface area contributed by atoms with Crippen molar-refractivity contribution in [1.82, 2.24) is 14.2 Å². The molecule has 10 nitrogen and oxygen atoms in total. The van der Waals surface area contributed by atoms with E-state index in [2.05, 4.69) is 4.90 Å². The summed E-state index contributed by atoms with van der Waals surface area (Å²) < 4.78 is 45.4. The molecule has 0 spiro atoms. The van der Waals surface area contributed by atoms with Gasteiger partial charge in [0, 0.05) is 37.3 Å². The molecular weight excluding hydrogens is 540 g/mol. The van der Waals surface area contributed by atoms with Crippen LogP contribution in [0.2, 0.25) is 0 Å². The predicted molar refractivity (Wildman–Crippen MR) is 153 cm³/mol. The van der Waals surface area contributed by atoms with Gasteiger partial charge in [-0.1, -0.05) is 11.3 Å². The summed E-state index contributed by atoms with van der Waals surface area (Å²) in [5.41, 5.74) is 1.09. The number of hydrogen-bond donors (Lipinski definition) is 0. The molecule has 0 radical (unpaired) electrons. The van der Waals surface area contributed by atoms with Crippen molar-refractivity contribution < 1.29 is 27.4 Å². The Morgan fingerprint density at radius 1 is 1.05 bits per heavy atom. The van der Waals surface area contributed by atoms with Gasteiger partial charge in [-0.15, -0.1) is 0 Å². The summed E-state index contributed by atoms with van der Waals surface area (Å²) in [5, 5.41) is 0.553. The lowest BCUT2D eigenvalue weighted by Crippen LogP contribution is -2.48. The molecule has 2 atom stereocenters. The van der Waals surface area contributed by atoms with Crippen LogP contribution in [0.1, 0.15) is 30.6 Å². The van der Waals surface area contributed by atoms with Crippen LogP contribution in [0, 0.1) is 0 Å². The Bertz CT molecular complexity index is 1360. The van der Waals surface area contributed by atoms with Gasteiger partial charge < -0.3 is 19.1 Å². The molecular formula is C27H36N4O6S2. The minimum atomic E-state index is -3.71. The summed E-state index contributed by atoms with van der Waals surface area (Å²) >= 11 is 1.39. The molecule has 212 valence electrons. The number of fused-ring (bicyclic) bond motifs is 1. The minimum absolute atomic E-state index is 0.152. The van der Waals surface area contributed by atoms with Crippen LogP contribution in [-0.2, 0) is 14.8 Å². The van der Waals surface area contributed by atoms with Gasteiger partial charge in [0.2, 0.25) is 10.0 Å². The standard InChI is InChI=1S/C27H36N4O6S2/c1-18-16-30(17-19(2)37-18)39(33,34)21-10-8-20(9-11-21)26(32)31(13-7-12-29(3)4)27-28-22-14-23(35-5)24(36-6)15-25(22)38-27/h8-11,14-15,18-19H,7,12-13,16-17H2,1-6H3. The van der Waals surface area contributed by atoms with Crippen molar-refractivity contribution in [3.63, 3.8) is 0 Å². The molecule has 1 fully saturated rings. The SMILES string of the molecule is COc1cc2nc(N(CCCN(C)C)C(=O)c3ccc(S(=O)(=O)N4CC(C)OC(C)C4)cc3)sc2cc1OC. The number of thiazole rings is 1. The third-order valence-electron chi connectivity index (χ3n) is 6.47. The number of ether oxygens (including phenoxy) is 3. The first-order valence-corrected chi connectivity index (χ1v) is 15.0. The molecule has 0 N–H and O–H groups in total. The van der Waals surface area contributed by atoms with Crippen LogP contribution in [0.25, 0.3) is 10.2 Å². The third kappa shape index (κ3) is 6.52. The Kier molecular flexibility index (Phi) is 9.12. The summed E-state index contributed by atoms with van der Waals surface area (Å²) in [7, 11) is 3.40. The zero-order valence-corrected chi connectivity index (χ0v) is 24.8.